The molecule has 0 aromatic heterocycles. The Morgan fingerprint density at radius 1 is 0.375 bits per heavy atom. The third kappa shape index (κ3) is 4.65. The summed E-state index contributed by atoms with van der Waals surface area (Å²) in [5.41, 5.74) is 7.57. The number of rotatable bonds is 7. The molecule has 56 heavy (non-hydrogen) atoms. The Hall–Kier alpha value is -5.72. The van der Waals surface area contributed by atoms with Crippen molar-refractivity contribution < 1.29 is 29.8 Å². The van der Waals surface area contributed by atoms with E-state index in [9.17, 15) is 10.2 Å². The zero-order valence-electron chi connectivity index (χ0n) is 34.1. The van der Waals surface area contributed by atoms with Gasteiger partial charge in [-0.05, 0) is 59.7 Å². The molecule has 2 atom stereocenters. The lowest BCUT2D eigenvalue weighted by atomic mass is 9.60. The minimum absolute atomic E-state index is 0.0886. The molecule has 2 unspecified atom stereocenters. The highest BCUT2D eigenvalue weighted by Gasteiger charge is 2.61. The number of phenolic OH excluding ortho intramolecular Hbond substituents is 2. The van der Waals surface area contributed by atoms with Gasteiger partial charge in [0, 0.05) is 162 Å². The van der Waals surface area contributed by atoms with Crippen LogP contribution in [0.25, 0.3) is 43.1 Å². The van der Waals surface area contributed by atoms with Gasteiger partial charge in [-0.25, -0.2) is 0 Å². The Bertz CT molecular complexity index is 2470. The summed E-state index contributed by atoms with van der Waals surface area (Å²) in [7, 11) is 24.4. The van der Waals surface area contributed by atoms with Crippen molar-refractivity contribution in [2.75, 3.05) is 114 Å². The summed E-state index contributed by atoms with van der Waals surface area (Å²) in [5.74, 6) is 0.478. The molecule has 0 amide bonds. The van der Waals surface area contributed by atoms with Crippen LogP contribution in [-0.2, 0) is 9.78 Å². The fraction of sp³-hybridized carbons (Fsp3) is 0.364. The van der Waals surface area contributed by atoms with Gasteiger partial charge in [-0.15, -0.1) is 0 Å². The quantitative estimate of drug-likeness (QED) is 0.126. The first-order valence-electron chi connectivity index (χ1n) is 18.9. The second-order valence-electron chi connectivity index (χ2n) is 16.6. The molecule has 0 spiro atoms. The normalized spacial score (nSPS) is 19.4. The summed E-state index contributed by atoms with van der Waals surface area (Å²) in [6.07, 6.45) is -1.21. The van der Waals surface area contributed by atoms with Crippen molar-refractivity contribution in [2.45, 2.75) is 24.0 Å². The van der Waals surface area contributed by atoms with Gasteiger partial charge in [0.05, 0.1) is 11.4 Å². The van der Waals surface area contributed by atoms with Crippen LogP contribution >= 0.6 is 0 Å². The van der Waals surface area contributed by atoms with Gasteiger partial charge < -0.3 is 49.4 Å². The van der Waals surface area contributed by atoms with Crippen molar-refractivity contribution in [2.24, 2.45) is 0 Å². The van der Waals surface area contributed by atoms with Crippen molar-refractivity contribution in [1.82, 2.24) is 0 Å². The van der Waals surface area contributed by atoms with E-state index < -0.39 is 18.1 Å². The fourth-order valence-electron chi connectivity index (χ4n) is 9.82. The van der Waals surface area contributed by atoms with Crippen molar-refractivity contribution in [3.8, 4) is 23.0 Å². The van der Waals surface area contributed by atoms with E-state index in [4.69, 9.17) is 19.6 Å². The minimum atomic E-state index is -0.606. The molecule has 2 N–H and O–H groups in total. The number of nitrogens with zero attached hydrogens (tertiary/aromatic N) is 6. The first-order valence-corrected chi connectivity index (χ1v) is 18.9. The molecule has 6 aromatic carbocycles. The predicted molar refractivity (Wildman–Crippen MR) is 229 cm³/mol. The van der Waals surface area contributed by atoms with Gasteiger partial charge in [0.15, 0.2) is 11.5 Å². The summed E-state index contributed by atoms with van der Waals surface area (Å²) >= 11 is 0. The summed E-state index contributed by atoms with van der Waals surface area (Å²) in [4.78, 5) is 38.9. The SMILES string of the molecule is CN(C)c1ccc(O)c2c(C3C4OOc5ccc(N(C)C)c6c(N(C)C)c7c(N(C)C)ccc8c7c(c56)C4C3OO8)c3c(O)ccc(N(C)C)c3c(N(C)C)c12. The second-order valence-corrected chi connectivity index (χ2v) is 16.6. The summed E-state index contributed by atoms with van der Waals surface area (Å²) in [5, 5.41) is 31.0. The predicted octanol–water partition coefficient (Wildman–Crippen LogP) is 7.37. The van der Waals surface area contributed by atoms with E-state index in [0.717, 1.165) is 72.0 Å². The molecular weight excluding hydrogens is 709 g/mol. The van der Waals surface area contributed by atoms with Crippen LogP contribution in [0.15, 0.2) is 48.5 Å². The van der Waals surface area contributed by atoms with Crippen LogP contribution in [0.1, 0.15) is 23.0 Å². The van der Waals surface area contributed by atoms with E-state index in [1.807, 2.05) is 66.6 Å². The number of fused-ring (bicyclic) bond motifs is 2. The summed E-state index contributed by atoms with van der Waals surface area (Å²) in [6.45, 7) is 0. The number of hydrogen-bond acceptors (Lipinski definition) is 12. The van der Waals surface area contributed by atoms with Gasteiger partial charge >= 0.3 is 0 Å². The highest BCUT2D eigenvalue weighted by Crippen LogP contribution is 2.65. The van der Waals surface area contributed by atoms with Crippen LogP contribution in [-0.4, -0.2) is 107 Å². The molecule has 1 aliphatic carbocycles. The van der Waals surface area contributed by atoms with E-state index in [2.05, 4.69) is 83.8 Å². The fourth-order valence-corrected chi connectivity index (χ4v) is 9.82. The molecule has 0 bridgehead atoms. The highest BCUT2D eigenvalue weighted by atomic mass is 17.2. The molecule has 6 aromatic rings. The zero-order valence-corrected chi connectivity index (χ0v) is 34.1. The van der Waals surface area contributed by atoms with Crippen molar-refractivity contribution in [1.29, 1.82) is 0 Å². The zero-order chi connectivity index (χ0) is 39.8. The molecule has 0 saturated heterocycles. The van der Waals surface area contributed by atoms with Gasteiger partial charge in [0.25, 0.3) is 0 Å². The Morgan fingerprint density at radius 3 is 1.00 bits per heavy atom. The number of aromatic hydroxyl groups is 2. The number of anilines is 6. The molecule has 1 saturated carbocycles. The number of phenols is 2. The van der Waals surface area contributed by atoms with Gasteiger partial charge in [0.1, 0.15) is 23.7 Å². The van der Waals surface area contributed by atoms with Crippen molar-refractivity contribution in [3.63, 3.8) is 0 Å². The standard InChI is InChI=1S/C44H50N6O6/c1-45(2)21-13-17-25(51)33-29(21)41(49(9)10)30-22(46(3)4)14-18-26(52)34(30)37(33)39-43-40-38-35-27(53-55-43)19-15-23(47(5)6)31(35)42(50(11)12)32-24(48(7)8)16-20-28(36(32)38)54-56-44(39)40/h13-20,39-40,43-44,51-52H,1-12H3. The maximum atomic E-state index is 12.1. The first-order chi connectivity index (χ1) is 26.6. The molecule has 12 heteroatoms. The van der Waals surface area contributed by atoms with E-state index in [1.165, 1.54) is 0 Å². The molecular formula is C44H50N6O6. The van der Waals surface area contributed by atoms with Crippen LogP contribution in [0, 0.1) is 0 Å². The largest absolute Gasteiger partial charge is 0.507 e. The van der Waals surface area contributed by atoms with Gasteiger partial charge in [-0.2, -0.15) is 9.78 Å². The number of benzene rings is 6. The minimum Gasteiger partial charge on any atom is -0.507 e. The molecule has 12 nitrogen and oxygen atoms in total. The topological polar surface area (TPSA) is 96.8 Å². The smallest absolute Gasteiger partial charge is 0.173 e. The average molecular weight is 759 g/mol. The van der Waals surface area contributed by atoms with E-state index in [0.29, 0.717) is 27.8 Å². The summed E-state index contributed by atoms with van der Waals surface area (Å²) in [6, 6.07) is 15.5. The first kappa shape index (κ1) is 35.9. The molecule has 2 heterocycles. The molecule has 9 rings (SSSR count). The molecule has 1 fully saturated rings. The lowest BCUT2D eigenvalue weighted by molar-refractivity contribution is -0.340. The van der Waals surface area contributed by atoms with Crippen LogP contribution in [0.4, 0.5) is 34.1 Å². The third-order valence-corrected chi connectivity index (χ3v) is 12.0. The molecule has 292 valence electrons. The van der Waals surface area contributed by atoms with Crippen molar-refractivity contribution >= 4 is 77.2 Å². The van der Waals surface area contributed by atoms with Gasteiger partial charge in [-0.3, -0.25) is 0 Å². The van der Waals surface area contributed by atoms with Crippen LogP contribution < -0.4 is 39.2 Å². The Kier molecular flexibility index (Phi) is 7.96. The monoisotopic (exact) mass is 758 g/mol. The van der Waals surface area contributed by atoms with Crippen LogP contribution in [0.5, 0.6) is 23.0 Å². The lowest BCUT2D eigenvalue weighted by Crippen LogP contribution is -2.54. The Morgan fingerprint density at radius 2 is 0.679 bits per heavy atom. The van der Waals surface area contributed by atoms with E-state index in [1.54, 1.807) is 12.1 Å². The lowest BCUT2D eigenvalue weighted by Gasteiger charge is -2.48. The average Bonchev–Trinajstić information content (AvgIpc) is 3.35. The Labute approximate surface area is 326 Å². The highest BCUT2D eigenvalue weighted by molar-refractivity contribution is 6.26. The second kappa shape index (κ2) is 12.4. The van der Waals surface area contributed by atoms with E-state index in [-0.39, 0.29) is 17.4 Å². The molecule has 0 radical (unpaired) electrons. The van der Waals surface area contributed by atoms with Gasteiger partial charge in [0.2, 0.25) is 0 Å². The van der Waals surface area contributed by atoms with Crippen LogP contribution in [0.3, 0.4) is 0 Å². The third-order valence-electron chi connectivity index (χ3n) is 12.0. The van der Waals surface area contributed by atoms with Gasteiger partial charge in [-0.1, -0.05) is 0 Å². The Balaban J connectivity index is 1.44. The van der Waals surface area contributed by atoms with E-state index >= 15 is 0 Å². The molecule has 2 aliphatic heterocycles. The number of hydrogen-bond donors (Lipinski definition) is 2. The maximum Gasteiger partial charge on any atom is 0.173 e. The summed E-state index contributed by atoms with van der Waals surface area (Å²) < 4.78 is 0. The molecule has 3 aliphatic rings. The maximum absolute atomic E-state index is 12.1. The van der Waals surface area contributed by atoms with Crippen LogP contribution in [0.2, 0.25) is 0 Å². The van der Waals surface area contributed by atoms with Crippen molar-refractivity contribution in [3.05, 3.63) is 59.7 Å².